The molecule has 3 aromatic heterocycles. The molecule has 25 heavy (non-hydrogen) atoms. The molecule has 6 nitrogen and oxygen atoms in total. The zero-order chi connectivity index (χ0) is 17.6. The first-order valence-electron chi connectivity index (χ1n) is 7.94. The Morgan fingerprint density at radius 3 is 2.68 bits per heavy atom. The third-order valence-corrected chi connectivity index (χ3v) is 4.19. The van der Waals surface area contributed by atoms with Crippen molar-refractivity contribution < 1.29 is 4.79 Å². The second kappa shape index (κ2) is 5.59. The summed E-state index contributed by atoms with van der Waals surface area (Å²) in [6, 6.07) is 13.6. The van der Waals surface area contributed by atoms with E-state index in [1.165, 1.54) is 0 Å². The number of benzene rings is 1. The minimum absolute atomic E-state index is 0.445. The van der Waals surface area contributed by atoms with Gasteiger partial charge >= 0.3 is 0 Å². The van der Waals surface area contributed by atoms with Crippen LogP contribution >= 0.6 is 0 Å². The van der Waals surface area contributed by atoms with Crippen molar-refractivity contribution in [1.29, 1.82) is 0 Å². The van der Waals surface area contributed by atoms with Crippen LogP contribution in [0.1, 0.15) is 21.7 Å². The topological polar surface area (TPSA) is 78.2 Å². The Morgan fingerprint density at radius 1 is 1.12 bits per heavy atom. The SMILES string of the molecule is Cc1cc(C)n(-c2cccc(-c3cnc4cc(C(N)=O)ccn34)c2)n1. The molecule has 4 rings (SSSR count). The standard InChI is InChI=1S/C19H17N5O/c1-12-8-13(2)24(22-12)16-5-3-4-14(9-16)17-11-21-18-10-15(19(20)25)6-7-23(17)18/h3-11H,1-2H3,(H2,20,25). The molecular weight excluding hydrogens is 314 g/mol. The quantitative estimate of drug-likeness (QED) is 0.627. The van der Waals surface area contributed by atoms with Crippen LogP contribution in [0.4, 0.5) is 0 Å². The summed E-state index contributed by atoms with van der Waals surface area (Å²) in [5.41, 5.74) is 11.5. The fraction of sp³-hybridized carbons (Fsp3) is 0.105. The maximum atomic E-state index is 11.3. The summed E-state index contributed by atoms with van der Waals surface area (Å²) in [5.74, 6) is -0.460. The Bertz CT molecular complexity index is 1110. The number of nitrogens with zero attached hydrogens (tertiary/aromatic N) is 4. The summed E-state index contributed by atoms with van der Waals surface area (Å²) in [7, 11) is 0. The smallest absolute Gasteiger partial charge is 0.248 e. The zero-order valence-corrected chi connectivity index (χ0v) is 14.0. The van der Waals surface area contributed by atoms with Gasteiger partial charge in [-0.1, -0.05) is 12.1 Å². The van der Waals surface area contributed by atoms with Crippen molar-refractivity contribution >= 4 is 11.6 Å². The molecule has 0 saturated carbocycles. The van der Waals surface area contributed by atoms with Crippen molar-refractivity contribution in [2.24, 2.45) is 5.73 Å². The number of nitrogens with two attached hydrogens (primary N) is 1. The Labute approximate surface area is 144 Å². The molecule has 0 fully saturated rings. The number of primary amides is 1. The first-order valence-corrected chi connectivity index (χ1v) is 7.94. The van der Waals surface area contributed by atoms with Crippen LogP contribution in [0.2, 0.25) is 0 Å². The molecule has 3 heterocycles. The van der Waals surface area contributed by atoms with Gasteiger partial charge in [0.25, 0.3) is 0 Å². The van der Waals surface area contributed by atoms with Gasteiger partial charge in [0, 0.05) is 23.0 Å². The predicted octanol–water partition coefficient (Wildman–Crippen LogP) is 2.90. The maximum Gasteiger partial charge on any atom is 0.248 e. The van der Waals surface area contributed by atoms with Crippen molar-refractivity contribution in [3.63, 3.8) is 0 Å². The number of aryl methyl sites for hydroxylation is 2. The number of carbonyl (C=O) groups is 1. The van der Waals surface area contributed by atoms with Gasteiger partial charge in [0.2, 0.25) is 5.91 Å². The zero-order valence-electron chi connectivity index (χ0n) is 14.0. The molecule has 0 aliphatic carbocycles. The summed E-state index contributed by atoms with van der Waals surface area (Å²) >= 11 is 0. The number of hydrogen-bond donors (Lipinski definition) is 1. The van der Waals surface area contributed by atoms with Gasteiger partial charge in [-0.15, -0.1) is 0 Å². The molecule has 6 heteroatoms. The molecule has 1 amide bonds. The number of imidazole rings is 1. The Balaban J connectivity index is 1.83. The lowest BCUT2D eigenvalue weighted by Crippen LogP contribution is -2.11. The van der Waals surface area contributed by atoms with E-state index in [1.54, 1.807) is 18.3 Å². The Kier molecular flexibility index (Phi) is 3.39. The van der Waals surface area contributed by atoms with Gasteiger partial charge in [0.1, 0.15) is 5.65 Å². The molecule has 0 atom stereocenters. The minimum Gasteiger partial charge on any atom is -0.366 e. The van der Waals surface area contributed by atoms with E-state index >= 15 is 0 Å². The number of aromatic nitrogens is 4. The van der Waals surface area contributed by atoms with E-state index in [0.29, 0.717) is 11.2 Å². The molecular formula is C19H17N5O. The fourth-order valence-corrected chi connectivity index (χ4v) is 3.03. The largest absolute Gasteiger partial charge is 0.366 e. The van der Waals surface area contributed by atoms with Crippen molar-refractivity contribution in [3.05, 3.63) is 71.8 Å². The molecule has 0 bridgehead atoms. The molecule has 0 radical (unpaired) electrons. The highest BCUT2D eigenvalue weighted by atomic mass is 16.1. The maximum absolute atomic E-state index is 11.3. The minimum atomic E-state index is -0.460. The summed E-state index contributed by atoms with van der Waals surface area (Å²) in [4.78, 5) is 15.7. The van der Waals surface area contributed by atoms with Gasteiger partial charge in [0.15, 0.2) is 0 Å². The molecule has 0 aliphatic heterocycles. The van der Waals surface area contributed by atoms with Crippen molar-refractivity contribution in [2.75, 3.05) is 0 Å². The molecule has 0 unspecified atom stereocenters. The van der Waals surface area contributed by atoms with E-state index in [2.05, 4.69) is 16.1 Å². The number of pyridine rings is 1. The van der Waals surface area contributed by atoms with Crippen molar-refractivity contribution in [1.82, 2.24) is 19.2 Å². The lowest BCUT2D eigenvalue weighted by molar-refractivity contribution is 0.100. The number of hydrogen-bond acceptors (Lipinski definition) is 3. The summed E-state index contributed by atoms with van der Waals surface area (Å²) in [5, 5.41) is 4.54. The number of amides is 1. The summed E-state index contributed by atoms with van der Waals surface area (Å²) in [6.07, 6.45) is 3.61. The van der Waals surface area contributed by atoms with Crippen molar-refractivity contribution in [3.8, 4) is 16.9 Å². The first kappa shape index (κ1) is 15.1. The highest BCUT2D eigenvalue weighted by molar-refractivity contribution is 5.93. The molecule has 2 N–H and O–H groups in total. The van der Waals surface area contributed by atoms with Gasteiger partial charge < -0.3 is 5.73 Å². The second-order valence-corrected chi connectivity index (χ2v) is 6.04. The van der Waals surface area contributed by atoms with Crippen LogP contribution in [0, 0.1) is 13.8 Å². The number of fused-ring (bicyclic) bond motifs is 1. The van der Waals surface area contributed by atoms with E-state index in [9.17, 15) is 4.79 Å². The highest BCUT2D eigenvalue weighted by Crippen LogP contribution is 2.24. The molecule has 0 saturated heterocycles. The van der Waals surface area contributed by atoms with Crippen LogP contribution in [0.3, 0.4) is 0 Å². The fourth-order valence-electron chi connectivity index (χ4n) is 3.03. The van der Waals surface area contributed by atoms with Gasteiger partial charge in [-0.3, -0.25) is 9.20 Å². The third kappa shape index (κ3) is 2.57. The van der Waals surface area contributed by atoms with Crippen molar-refractivity contribution in [2.45, 2.75) is 13.8 Å². The van der Waals surface area contributed by atoms with E-state index in [0.717, 1.165) is 28.3 Å². The van der Waals surface area contributed by atoms with Crippen LogP contribution in [-0.4, -0.2) is 25.1 Å². The molecule has 1 aromatic carbocycles. The first-order chi connectivity index (χ1) is 12.0. The van der Waals surface area contributed by atoms with E-state index in [4.69, 9.17) is 5.73 Å². The van der Waals surface area contributed by atoms with Crippen LogP contribution in [0.25, 0.3) is 22.6 Å². The van der Waals surface area contributed by atoms with E-state index in [-0.39, 0.29) is 0 Å². The predicted molar refractivity (Wildman–Crippen MR) is 95.7 cm³/mol. The Hall–Kier alpha value is -3.41. The molecule has 0 spiro atoms. The summed E-state index contributed by atoms with van der Waals surface area (Å²) < 4.78 is 3.86. The van der Waals surface area contributed by atoms with E-state index in [1.807, 2.05) is 53.4 Å². The monoisotopic (exact) mass is 331 g/mol. The third-order valence-electron chi connectivity index (χ3n) is 4.19. The summed E-state index contributed by atoms with van der Waals surface area (Å²) in [6.45, 7) is 4.01. The van der Waals surface area contributed by atoms with Gasteiger partial charge in [0.05, 0.1) is 23.3 Å². The van der Waals surface area contributed by atoms with Crippen LogP contribution < -0.4 is 5.73 Å². The number of rotatable bonds is 3. The van der Waals surface area contributed by atoms with E-state index < -0.39 is 5.91 Å². The average molecular weight is 331 g/mol. The normalized spacial score (nSPS) is 11.1. The molecule has 0 aliphatic rings. The van der Waals surface area contributed by atoms with Crippen LogP contribution in [0.5, 0.6) is 0 Å². The van der Waals surface area contributed by atoms with Gasteiger partial charge in [-0.25, -0.2) is 9.67 Å². The Morgan fingerprint density at radius 2 is 1.96 bits per heavy atom. The lowest BCUT2D eigenvalue weighted by atomic mass is 10.1. The van der Waals surface area contributed by atoms with Crippen LogP contribution in [-0.2, 0) is 0 Å². The average Bonchev–Trinajstić information content (AvgIpc) is 3.17. The van der Waals surface area contributed by atoms with Gasteiger partial charge in [-0.05, 0) is 44.2 Å². The molecule has 4 aromatic rings. The highest BCUT2D eigenvalue weighted by Gasteiger charge is 2.10. The molecule has 124 valence electrons. The lowest BCUT2D eigenvalue weighted by Gasteiger charge is -2.08. The van der Waals surface area contributed by atoms with Crippen LogP contribution in [0.15, 0.2) is 54.9 Å². The second-order valence-electron chi connectivity index (χ2n) is 6.04. The number of carbonyl (C=O) groups excluding carboxylic acids is 1. The van der Waals surface area contributed by atoms with Gasteiger partial charge in [-0.2, -0.15) is 5.10 Å².